The Morgan fingerprint density at radius 1 is 0.760 bits per heavy atom. The highest BCUT2D eigenvalue weighted by molar-refractivity contribution is 5.90. The van der Waals surface area contributed by atoms with Crippen molar-refractivity contribution in [2.45, 2.75) is 96.8 Å². The van der Waals surface area contributed by atoms with Crippen LogP contribution in [0.25, 0.3) is 0 Å². The van der Waals surface area contributed by atoms with Crippen molar-refractivity contribution in [1.82, 2.24) is 0 Å². The van der Waals surface area contributed by atoms with Crippen molar-refractivity contribution in [3.63, 3.8) is 0 Å². The average Bonchev–Trinajstić information content (AvgIpc) is 2.61. The number of nitrogens with two attached hydrogens (primary N) is 1. The summed E-state index contributed by atoms with van der Waals surface area (Å²) in [6.07, 6.45) is 17.9. The lowest BCUT2D eigenvalue weighted by molar-refractivity contribution is -0.116. The molecule has 0 aliphatic rings. The predicted octanol–water partition coefficient (Wildman–Crippen LogP) is 6.69. The number of nitrogens with one attached hydrogen (secondary N) is 1. The summed E-state index contributed by atoms with van der Waals surface area (Å²) in [6.45, 7) is 2.27. The molecule has 1 amide bonds. The molecule has 0 atom stereocenters. The van der Waals surface area contributed by atoms with Crippen LogP contribution in [-0.2, 0) is 4.79 Å². The maximum atomic E-state index is 11.9. The minimum atomic E-state index is 0.104. The summed E-state index contributed by atoms with van der Waals surface area (Å²) in [6, 6.07) is 7.30. The molecular weight excluding hydrogens is 308 g/mol. The smallest absolute Gasteiger partial charge is 0.224 e. The van der Waals surface area contributed by atoms with E-state index >= 15 is 0 Å². The molecule has 1 aromatic rings. The third-order valence-electron chi connectivity index (χ3n) is 4.70. The topological polar surface area (TPSA) is 55.1 Å². The van der Waals surface area contributed by atoms with E-state index in [9.17, 15) is 4.79 Å². The number of benzene rings is 1. The van der Waals surface area contributed by atoms with Crippen LogP contribution in [0.15, 0.2) is 24.3 Å². The Balaban J connectivity index is 1.85. The van der Waals surface area contributed by atoms with Crippen LogP contribution in [-0.4, -0.2) is 5.91 Å². The van der Waals surface area contributed by atoms with E-state index in [4.69, 9.17) is 5.73 Å². The molecule has 0 fully saturated rings. The molecule has 0 aromatic heterocycles. The monoisotopic (exact) mass is 346 g/mol. The SMILES string of the molecule is CCCCCCCCCCCCCCCC(=O)Nc1ccc(N)cc1. The Bertz CT molecular complexity index is 442. The summed E-state index contributed by atoms with van der Waals surface area (Å²) in [7, 11) is 0. The van der Waals surface area contributed by atoms with Crippen molar-refractivity contribution in [2.24, 2.45) is 0 Å². The molecule has 0 aliphatic heterocycles. The lowest BCUT2D eigenvalue weighted by atomic mass is 10.0. The molecule has 142 valence electrons. The first-order valence-corrected chi connectivity index (χ1v) is 10.4. The lowest BCUT2D eigenvalue weighted by Gasteiger charge is -2.06. The molecule has 3 heteroatoms. The minimum absolute atomic E-state index is 0.104. The van der Waals surface area contributed by atoms with Crippen LogP contribution in [0, 0.1) is 0 Å². The zero-order valence-corrected chi connectivity index (χ0v) is 16.2. The maximum Gasteiger partial charge on any atom is 0.224 e. The van der Waals surface area contributed by atoms with E-state index in [0.29, 0.717) is 6.42 Å². The van der Waals surface area contributed by atoms with E-state index < -0.39 is 0 Å². The van der Waals surface area contributed by atoms with Crippen molar-refractivity contribution < 1.29 is 4.79 Å². The summed E-state index contributed by atoms with van der Waals surface area (Å²) < 4.78 is 0. The predicted molar refractivity (Wildman–Crippen MR) is 110 cm³/mol. The van der Waals surface area contributed by atoms with Gasteiger partial charge in [0.2, 0.25) is 5.91 Å². The largest absolute Gasteiger partial charge is 0.399 e. The van der Waals surface area contributed by atoms with Gasteiger partial charge in [-0.3, -0.25) is 4.79 Å². The van der Waals surface area contributed by atoms with Crippen LogP contribution in [0.1, 0.15) is 96.8 Å². The van der Waals surface area contributed by atoms with Gasteiger partial charge in [0.15, 0.2) is 0 Å². The molecule has 1 aromatic carbocycles. The number of hydrogen-bond acceptors (Lipinski definition) is 2. The van der Waals surface area contributed by atoms with E-state index in [1.807, 2.05) is 12.1 Å². The maximum absolute atomic E-state index is 11.9. The van der Waals surface area contributed by atoms with Crippen LogP contribution in [0.2, 0.25) is 0 Å². The quantitative estimate of drug-likeness (QED) is 0.274. The highest BCUT2D eigenvalue weighted by Crippen LogP contribution is 2.14. The Morgan fingerprint density at radius 3 is 1.68 bits per heavy atom. The molecule has 0 heterocycles. The minimum Gasteiger partial charge on any atom is -0.399 e. The van der Waals surface area contributed by atoms with E-state index in [-0.39, 0.29) is 5.91 Å². The Morgan fingerprint density at radius 2 is 1.20 bits per heavy atom. The van der Waals surface area contributed by atoms with Crippen LogP contribution in [0.3, 0.4) is 0 Å². The normalized spacial score (nSPS) is 10.8. The van der Waals surface area contributed by atoms with Crippen molar-refractivity contribution in [3.8, 4) is 0 Å². The molecule has 3 N–H and O–H groups in total. The average molecular weight is 347 g/mol. The zero-order chi connectivity index (χ0) is 18.2. The van der Waals surface area contributed by atoms with Gasteiger partial charge in [0.05, 0.1) is 0 Å². The molecule has 0 spiro atoms. The summed E-state index contributed by atoms with van der Waals surface area (Å²) in [5.41, 5.74) is 7.18. The van der Waals surface area contributed by atoms with Gasteiger partial charge in [0, 0.05) is 17.8 Å². The van der Waals surface area contributed by atoms with Gasteiger partial charge in [-0.1, -0.05) is 84.0 Å². The first-order valence-electron chi connectivity index (χ1n) is 10.4. The fraction of sp³-hybridized carbons (Fsp3) is 0.682. The first-order chi connectivity index (χ1) is 12.2. The van der Waals surface area contributed by atoms with E-state index in [1.54, 1.807) is 12.1 Å². The standard InChI is InChI=1S/C22H38N2O/c1-2-3-4-5-6-7-8-9-10-11-12-13-14-15-22(25)24-21-18-16-20(23)17-19-21/h16-19H,2-15,23H2,1H3,(H,24,25). The Kier molecular flexibility index (Phi) is 12.7. The van der Waals surface area contributed by atoms with Crippen LogP contribution >= 0.6 is 0 Å². The molecule has 0 saturated carbocycles. The fourth-order valence-corrected chi connectivity index (χ4v) is 3.09. The van der Waals surface area contributed by atoms with Gasteiger partial charge in [0.1, 0.15) is 0 Å². The molecule has 25 heavy (non-hydrogen) atoms. The molecule has 0 bridgehead atoms. The molecule has 3 nitrogen and oxygen atoms in total. The second-order valence-corrected chi connectivity index (χ2v) is 7.16. The van der Waals surface area contributed by atoms with Gasteiger partial charge in [0.25, 0.3) is 0 Å². The summed E-state index contributed by atoms with van der Waals surface area (Å²) in [4.78, 5) is 11.9. The lowest BCUT2D eigenvalue weighted by Crippen LogP contribution is -2.10. The third-order valence-corrected chi connectivity index (χ3v) is 4.70. The molecule has 0 saturated heterocycles. The zero-order valence-electron chi connectivity index (χ0n) is 16.2. The highest BCUT2D eigenvalue weighted by atomic mass is 16.1. The van der Waals surface area contributed by atoms with Crippen molar-refractivity contribution in [2.75, 3.05) is 11.1 Å². The van der Waals surface area contributed by atoms with Crippen molar-refractivity contribution >= 4 is 17.3 Å². The number of amides is 1. The van der Waals surface area contributed by atoms with Gasteiger partial charge in [-0.15, -0.1) is 0 Å². The second-order valence-electron chi connectivity index (χ2n) is 7.16. The van der Waals surface area contributed by atoms with E-state index in [2.05, 4.69) is 12.2 Å². The summed E-state index contributed by atoms with van der Waals surface area (Å²) >= 11 is 0. The molecule has 1 rings (SSSR count). The van der Waals surface area contributed by atoms with Crippen molar-refractivity contribution in [1.29, 1.82) is 0 Å². The van der Waals surface area contributed by atoms with Gasteiger partial charge >= 0.3 is 0 Å². The highest BCUT2D eigenvalue weighted by Gasteiger charge is 2.02. The number of unbranched alkanes of at least 4 members (excludes halogenated alkanes) is 12. The Hall–Kier alpha value is -1.51. The second kappa shape index (κ2) is 14.8. The first kappa shape index (κ1) is 21.5. The third kappa shape index (κ3) is 12.5. The summed E-state index contributed by atoms with van der Waals surface area (Å²) in [5.74, 6) is 0.104. The number of nitrogen functional groups attached to an aromatic ring is 1. The number of anilines is 2. The molecule has 0 aliphatic carbocycles. The summed E-state index contributed by atoms with van der Waals surface area (Å²) in [5, 5.41) is 2.92. The van der Waals surface area contributed by atoms with Crippen LogP contribution < -0.4 is 11.1 Å². The number of carbonyl (C=O) groups excluding carboxylic acids is 1. The molecular formula is C22H38N2O. The number of carbonyl (C=O) groups is 1. The van der Waals surface area contributed by atoms with Gasteiger partial charge in [-0.25, -0.2) is 0 Å². The Labute approximate surface area is 154 Å². The van der Waals surface area contributed by atoms with Crippen LogP contribution in [0.5, 0.6) is 0 Å². The van der Waals surface area contributed by atoms with Crippen molar-refractivity contribution in [3.05, 3.63) is 24.3 Å². The van der Waals surface area contributed by atoms with Gasteiger partial charge in [-0.05, 0) is 30.7 Å². The fourth-order valence-electron chi connectivity index (χ4n) is 3.09. The molecule has 0 unspecified atom stereocenters. The number of hydrogen-bond donors (Lipinski definition) is 2. The van der Waals surface area contributed by atoms with Gasteiger partial charge in [-0.2, -0.15) is 0 Å². The van der Waals surface area contributed by atoms with E-state index in [1.165, 1.54) is 70.6 Å². The van der Waals surface area contributed by atoms with Gasteiger partial charge < -0.3 is 11.1 Å². The number of rotatable bonds is 15. The van der Waals surface area contributed by atoms with E-state index in [0.717, 1.165) is 24.2 Å². The van der Waals surface area contributed by atoms with Crippen LogP contribution in [0.4, 0.5) is 11.4 Å². The molecule has 0 radical (unpaired) electrons.